The molecule has 1 aromatic carbocycles. The molecule has 1 aromatic heterocycles. The molecule has 0 saturated heterocycles. The van der Waals surface area contributed by atoms with Crippen molar-refractivity contribution in [2.45, 2.75) is 20.1 Å². The molecule has 0 atom stereocenters. The van der Waals surface area contributed by atoms with E-state index in [0.717, 1.165) is 12.1 Å². The monoisotopic (exact) mass is 284 g/mol. The maximum Gasteiger partial charge on any atom is 0.283 e. The van der Waals surface area contributed by atoms with E-state index in [2.05, 4.69) is 10.1 Å². The highest BCUT2D eigenvalue weighted by Gasteiger charge is 2.20. The van der Waals surface area contributed by atoms with E-state index in [1.165, 1.54) is 6.07 Å². The summed E-state index contributed by atoms with van der Waals surface area (Å²) in [6, 6.07) is 3.37. The van der Waals surface area contributed by atoms with Crippen LogP contribution in [-0.4, -0.2) is 23.4 Å². The molecule has 20 heavy (non-hydrogen) atoms. The molecule has 0 aliphatic heterocycles. The Hall–Kier alpha value is -1.86. The summed E-state index contributed by atoms with van der Waals surface area (Å²) in [4.78, 5) is 4.07. The van der Waals surface area contributed by atoms with Gasteiger partial charge < -0.3 is 14.0 Å². The topological polar surface area (TPSA) is 57.4 Å². The van der Waals surface area contributed by atoms with Crippen molar-refractivity contribution in [3.8, 4) is 11.4 Å². The number of rotatable bonds is 6. The predicted molar refractivity (Wildman–Crippen MR) is 65.6 cm³/mol. The fourth-order valence-electron chi connectivity index (χ4n) is 1.58. The Morgan fingerprint density at radius 2 is 1.85 bits per heavy atom. The number of aromatic nitrogens is 2. The van der Waals surface area contributed by atoms with E-state index in [1.54, 1.807) is 13.8 Å². The van der Waals surface area contributed by atoms with Gasteiger partial charge in [-0.2, -0.15) is 4.98 Å². The van der Waals surface area contributed by atoms with E-state index in [1.807, 2.05) is 0 Å². The molecule has 2 aromatic rings. The highest BCUT2D eigenvalue weighted by atomic mass is 19.2. The molecule has 0 fully saturated rings. The van der Waals surface area contributed by atoms with Crippen molar-refractivity contribution in [2.75, 3.05) is 13.2 Å². The van der Waals surface area contributed by atoms with Gasteiger partial charge in [-0.15, -0.1) is 0 Å². The molecule has 0 saturated carbocycles. The highest BCUT2D eigenvalue weighted by Crippen LogP contribution is 2.23. The van der Waals surface area contributed by atoms with E-state index < -0.39 is 17.9 Å². The van der Waals surface area contributed by atoms with Crippen LogP contribution in [-0.2, 0) is 9.47 Å². The van der Waals surface area contributed by atoms with Gasteiger partial charge in [-0.3, -0.25) is 0 Å². The second-order valence-corrected chi connectivity index (χ2v) is 3.83. The largest absolute Gasteiger partial charge is 0.345 e. The molecule has 0 aliphatic carbocycles. The Morgan fingerprint density at radius 1 is 1.15 bits per heavy atom. The zero-order valence-electron chi connectivity index (χ0n) is 11.1. The van der Waals surface area contributed by atoms with E-state index in [0.29, 0.717) is 18.8 Å². The van der Waals surface area contributed by atoms with Gasteiger partial charge >= 0.3 is 0 Å². The van der Waals surface area contributed by atoms with Gasteiger partial charge in [-0.05, 0) is 32.0 Å². The fraction of sp³-hybridized carbons (Fsp3) is 0.385. The Bertz CT molecular complexity index is 568. The SMILES string of the molecule is CCOC(OCC)c1nc(-c2ccc(F)c(F)c2)no1. The first kappa shape index (κ1) is 14.5. The number of halogens is 2. The molecule has 2 rings (SSSR count). The Morgan fingerprint density at radius 3 is 2.45 bits per heavy atom. The number of nitrogens with zero attached hydrogens (tertiary/aromatic N) is 2. The summed E-state index contributed by atoms with van der Waals surface area (Å²) in [5.41, 5.74) is 0.311. The highest BCUT2D eigenvalue weighted by molar-refractivity contribution is 5.54. The number of hydrogen-bond donors (Lipinski definition) is 0. The molecule has 0 aliphatic rings. The van der Waals surface area contributed by atoms with Crippen molar-refractivity contribution >= 4 is 0 Å². The summed E-state index contributed by atoms with van der Waals surface area (Å²) in [5.74, 6) is -1.63. The van der Waals surface area contributed by atoms with Crippen molar-refractivity contribution in [1.29, 1.82) is 0 Å². The van der Waals surface area contributed by atoms with E-state index in [9.17, 15) is 8.78 Å². The van der Waals surface area contributed by atoms with Crippen molar-refractivity contribution in [1.82, 2.24) is 10.1 Å². The van der Waals surface area contributed by atoms with Crippen molar-refractivity contribution in [2.24, 2.45) is 0 Å². The summed E-state index contributed by atoms with van der Waals surface area (Å²) in [6.07, 6.45) is -0.767. The Balaban J connectivity index is 2.24. The fourth-order valence-corrected chi connectivity index (χ4v) is 1.58. The third-order valence-corrected chi connectivity index (χ3v) is 2.46. The second kappa shape index (κ2) is 6.53. The zero-order valence-corrected chi connectivity index (χ0v) is 11.1. The first-order chi connectivity index (χ1) is 9.65. The number of hydrogen-bond acceptors (Lipinski definition) is 5. The lowest BCUT2D eigenvalue weighted by Gasteiger charge is -2.11. The maximum absolute atomic E-state index is 13.2. The van der Waals surface area contributed by atoms with Crippen LogP contribution in [0.1, 0.15) is 26.0 Å². The Kier molecular flexibility index (Phi) is 4.75. The first-order valence-electron chi connectivity index (χ1n) is 6.18. The van der Waals surface area contributed by atoms with Crippen LogP contribution in [0.2, 0.25) is 0 Å². The second-order valence-electron chi connectivity index (χ2n) is 3.83. The molecule has 0 bridgehead atoms. The lowest BCUT2D eigenvalue weighted by Crippen LogP contribution is -2.09. The van der Waals surface area contributed by atoms with Gasteiger partial charge in [0.05, 0.1) is 0 Å². The van der Waals surface area contributed by atoms with Gasteiger partial charge in [0.1, 0.15) is 0 Å². The standard InChI is InChI=1S/C13H14F2N2O3/c1-3-18-13(19-4-2)12-16-11(17-20-12)8-5-6-9(14)10(15)7-8/h5-7,13H,3-4H2,1-2H3. The summed E-state index contributed by atoms with van der Waals surface area (Å²) in [6.45, 7) is 4.43. The average Bonchev–Trinajstić information content (AvgIpc) is 2.91. The van der Waals surface area contributed by atoms with Crippen LogP contribution in [0.15, 0.2) is 22.7 Å². The van der Waals surface area contributed by atoms with Crippen LogP contribution in [0.3, 0.4) is 0 Å². The predicted octanol–water partition coefficient (Wildman–Crippen LogP) is 3.09. The molecule has 0 radical (unpaired) electrons. The smallest absolute Gasteiger partial charge is 0.283 e. The van der Waals surface area contributed by atoms with Crippen molar-refractivity contribution in [3.05, 3.63) is 35.7 Å². The van der Waals surface area contributed by atoms with Gasteiger partial charge in [0.15, 0.2) is 11.6 Å². The molecule has 0 amide bonds. The number of benzene rings is 1. The molecule has 0 spiro atoms. The van der Waals surface area contributed by atoms with Gasteiger partial charge in [0.25, 0.3) is 5.89 Å². The first-order valence-corrected chi connectivity index (χ1v) is 6.18. The van der Waals surface area contributed by atoms with Crippen LogP contribution in [0.4, 0.5) is 8.78 Å². The van der Waals surface area contributed by atoms with Crippen molar-refractivity contribution in [3.63, 3.8) is 0 Å². The summed E-state index contributed by atoms with van der Waals surface area (Å²) in [7, 11) is 0. The van der Waals surface area contributed by atoms with Gasteiger partial charge in [0.2, 0.25) is 12.1 Å². The molecular weight excluding hydrogens is 270 g/mol. The van der Waals surface area contributed by atoms with Crippen LogP contribution < -0.4 is 0 Å². The minimum absolute atomic E-state index is 0.133. The molecule has 108 valence electrons. The van der Waals surface area contributed by atoms with E-state index in [4.69, 9.17) is 14.0 Å². The molecule has 0 N–H and O–H groups in total. The lowest BCUT2D eigenvalue weighted by atomic mass is 10.2. The average molecular weight is 284 g/mol. The summed E-state index contributed by atoms with van der Waals surface area (Å²) < 4.78 is 41.7. The minimum Gasteiger partial charge on any atom is -0.345 e. The van der Waals surface area contributed by atoms with Gasteiger partial charge in [-0.25, -0.2) is 8.78 Å². The lowest BCUT2D eigenvalue weighted by molar-refractivity contribution is -0.155. The minimum atomic E-state index is -0.972. The van der Waals surface area contributed by atoms with E-state index >= 15 is 0 Å². The van der Waals surface area contributed by atoms with Crippen LogP contribution in [0, 0.1) is 11.6 Å². The van der Waals surface area contributed by atoms with E-state index in [-0.39, 0.29) is 11.7 Å². The summed E-state index contributed by atoms with van der Waals surface area (Å²) in [5, 5.41) is 3.71. The molecule has 0 unspecified atom stereocenters. The third kappa shape index (κ3) is 3.17. The van der Waals surface area contributed by atoms with Gasteiger partial charge in [-0.1, -0.05) is 5.16 Å². The quantitative estimate of drug-likeness (QED) is 0.763. The number of ether oxygens (including phenoxy) is 2. The zero-order chi connectivity index (χ0) is 14.5. The summed E-state index contributed by atoms with van der Waals surface area (Å²) >= 11 is 0. The Labute approximate surface area is 114 Å². The normalized spacial score (nSPS) is 11.2. The van der Waals surface area contributed by atoms with Crippen LogP contribution >= 0.6 is 0 Å². The van der Waals surface area contributed by atoms with Crippen molar-refractivity contribution < 1.29 is 22.8 Å². The molecule has 1 heterocycles. The third-order valence-electron chi connectivity index (χ3n) is 2.46. The van der Waals surface area contributed by atoms with Gasteiger partial charge in [0, 0.05) is 18.8 Å². The molecular formula is C13H14F2N2O3. The molecule has 5 nitrogen and oxygen atoms in total. The van der Waals surface area contributed by atoms with Crippen LogP contribution in [0.5, 0.6) is 0 Å². The van der Waals surface area contributed by atoms with Crippen LogP contribution in [0.25, 0.3) is 11.4 Å². The molecule has 7 heteroatoms. The maximum atomic E-state index is 13.2.